The van der Waals surface area contributed by atoms with Crippen LogP contribution in [0.15, 0.2) is 36.4 Å². The molecule has 3 heteroatoms. The molecule has 0 saturated carbocycles. The zero-order valence-electron chi connectivity index (χ0n) is 10.4. The van der Waals surface area contributed by atoms with Gasteiger partial charge in [0.15, 0.2) is 0 Å². The lowest BCUT2D eigenvalue weighted by molar-refractivity contribution is 0.625. The van der Waals surface area contributed by atoms with E-state index in [0.29, 0.717) is 12.2 Å². The number of anilines is 1. The van der Waals surface area contributed by atoms with Crippen LogP contribution in [0.4, 0.5) is 14.5 Å². The normalized spacial score (nSPS) is 10.4. The first-order chi connectivity index (χ1) is 8.56. The molecule has 0 saturated heterocycles. The number of halogens is 2. The minimum atomic E-state index is -0.267. The quantitative estimate of drug-likeness (QED) is 0.857. The summed E-state index contributed by atoms with van der Waals surface area (Å²) in [6, 6.07) is 9.46. The molecule has 0 fully saturated rings. The highest BCUT2D eigenvalue weighted by molar-refractivity contribution is 5.50. The Kier molecular flexibility index (Phi) is 3.60. The Morgan fingerprint density at radius 3 is 2.22 bits per heavy atom. The van der Waals surface area contributed by atoms with Crippen LogP contribution in [0, 0.1) is 25.5 Å². The van der Waals surface area contributed by atoms with Gasteiger partial charge in [-0.15, -0.1) is 0 Å². The van der Waals surface area contributed by atoms with Crippen LogP contribution in [-0.4, -0.2) is 0 Å². The predicted molar refractivity (Wildman–Crippen MR) is 69.6 cm³/mol. The molecule has 0 bridgehead atoms. The van der Waals surface area contributed by atoms with Gasteiger partial charge >= 0.3 is 0 Å². The third kappa shape index (κ3) is 2.86. The van der Waals surface area contributed by atoms with E-state index in [1.807, 2.05) is 13.8 Å². The summed E-state index contributed by atoms with van der Waals surface area (Å²) in [7, 11) is 0. The first-order valence-corrected chi connectivity index (χ1v) is 5.81. The van der Waals surface area contributed by atoms with E-state index in [0.717, 1.165) is 16.7 Å². The van der Waals surface area contributed by atoms with E-state index >= 15 is 0 Å². The Balaban J connectivity index is 2.10. The number of aryl methyl sites for hydroxylation is 2. The van der Waals surface area contributed by atoms with Crippen LogP contribution in [0.2, 0.25) is 0 Å². The van der Waals surface area contributed by atoms with Crippen molar-refractivity contribution < 1.29 is 8.78 Å². The monoisotopic (exact) mass is 247 g/mol. The molecule has 0 aliphatic carbocycles. The molecule has 2 aromatic carbocycles. The van der Waals surface area contributed by atoms with Crippen LogP contribution < -0.4 is 5.32 Å². The summed E-state index contributed by atoms with van der Waals surface area (Å²) >= 11 is 0. The zero-order chi connectivity index (χ0) is 13.1. The molecule has 0 heterocycles. The second kappa shape index (κ2) is 5.17. The van der Waals surface area contributed by atoms with Crippen molar-refractivity contribution >= 4 is 5.69 Å². The molecule has 2 rings (SSSR count). The fraction of sp³-hybridized carbons (Fsp3) is 0.200. The molecule has 1 N–H and O–H groups in total. The molecule has 0 unspecified atom stereocenters. The summed E-state index contributed by atoms with van der Waals surface area (Å²) in [5, 5.41) is 3.02. The van der Waals surface area contributed by atoms with Gasteiger partial charge in [-0.3, -0.25) is 0 Å². The first kappa shape index (κ1) is 12.6. The molecule has 18 heavy (non-hydrogen) atoms. The molecule has 0 aromatic heterocycles. The number of hydrogen-bond donors (Lipinski definition) is 1. The van der Waals surface area contributed by atoms with Crippen LogP contribution in [-0.2, 0) is 6.54 Å². The molecule has 1 nitrogen and oxygen atoms in total. The van der Waals surface area contributed by atoms with Gasteiger partial charge in [0.1, 0.15) is 11.6 Å². The van der Waals surface area contributed by atoms with Gasteiger partial charge < -0.3 is 5.32 Å². The Hall–Kier alpha value is -1.90. The van der Waals surface area contributed by atoms with Gasteiger partial charge in [0.05, 0.1) is 5.69 Å². The molecule has 0 aliphatic rings. The Labute approximate surface area is 105 Å². The van der Waals surface area contributed by atoms with Crippen molar-refractivity contribution in [2.75, 3.05) is 5.32 Å². The van der Waals surface area contributed by atoms with Crippen LogP contribution in [0.3, 0.4) is 0 Å². The summed E-state index contributed by atoms with van der Waals surface area (Å²) in [6.07, 6.45) is 0. The van der Waals surface area contributed by atoms with Crippen molar-refractivity contribution in [2.24, 2.45) is 0 Å². The van der Waals surface area contributed by atoms with E-state index < -0.39 is 0 Å². The fourth-order valence-corrected chi connectivity index (χ4v) is 1.72. The first-order valence-electron chi connectivity index (χ1n) is 5.81. The Morgan fingerprint density at radius 2 is 1.56 bits per heavy atom. The van der Waals surface area contributed by atoms with Crippen molar-refractivity contribution in [2.45, 2.75) is 20.4 Å². The van der Waals surface area contributed by atoms with Crippen molar-refractivity contribution in [3.63, 3.8) is 0 Å². The lowest BCUT2D eigenvalue weighted by Gasteiger charge is -2.10. The maximum absolute atomic E-state index is 13.7. The Bertz CT molecular complexity index is 547. The van der Waals surface area contributed by atoms with Crippen molar-refractivity contribution in [1.82, 2.24) is 0 Å². The predicted octanol–water partition coefficient (Wildman–Crippen LogP) is 4.19. The van der Waals surface area contributed by atoms with E-state index in [1.54, 1.807) is 18.2 Å². The molecule has 0 aliphatic heterocycles. The minimum absolute atomic E-state index is 0.264. The summed E-state index contributed by atoms with van der Waals surface area (Å²) in [5.41, 5.74) is 3.36. The highest BCUT2D eigenvalue weighted by Gasteiger charge is 2.04. The van der Waals surface area contributed by atoms with Crippen LogP contribution >= 0.6 is 0 Å². The molecular weight excluding hydrogens is 232 g/mol. The molecule has 0 spiro atoms. The van der Waals surface area contributed by atoms with Crippen LogP contribution in [0.1, 0.15) is 16.7 Å². The van der Waals surface area contributed by atoms with Crippen LogP contribution in [0.25, 0.3) is 0 Å². The van der Waals surface area contributed by atoms with Gasteiger partial charge in [-0.05, 0) is 54.8 Å². The van der Waals surface area contributed by atoms with Crippen LogP contribution in [0.5, 0.6) is 0 Å². The average Bonchev–Trinajstić information content (AvgIpc) is 2.34. The third-order valence-corrected chi connectivity index (χ3v) is 2.98. The maximum atomic E-state index is 13.7. The van der Waals surface area contributed by atoms with E-state index in [-0.39, 0.29) is 11.6 Å². The second-order valence-corrected chi connectivity index (χ2v) is 4.40. The van der Waals surface area contributed by atoms with Gasteiger partial charge in [0, 0.05) is 6.54 Å². The molecule has 0 radical (unpaired) electrons. The highest BCUT2D eigenvalue weighted by Crippen LogP contribution is 2.20. The number of benzene rings is 2. The summed E-state index contributed by atoms with van der Waals surface area (Å²) in [5.74, 6) is -0.531. The molecule has 0 atom stereocenters. The van der Waals surface area contributed by atoms with Gasteiger partial charge in [-0.25, -0.2) is 8.78 Å². The minimum Gasteiger partial charge on any atom is -0.379 e. The number of rotatable bonds is 3. The number of hydrogen-bond acceptors (Lipinski definition) is 1. The van der Waals surface area contributed by atoms with Gasteiger partial charge in [0.2, 0.25) is 0 Å². The van der Waals surface area contributed by atoms with E-state index in [2.05, 4.69) is 5.32 Å². The molecule has 94 valence electrons. The average molecular weight is 247 g/mol. The summed E-state index contributed by atoms with van der Waals surface area (Å²) in [4.78, 5) is 0. The Morgan fingerprint density at radius 1 is 0.944 bits per heavy atom. The topological polar surface area (TPSA) is 12.0 Å². The second-order valence-electron chi connectivity index (χ2n) is 4.40. The van der Waals surface area contributed by atoms with E-state index in [4.69, 9.17) is 0 Å². The fourth-order valence-electron chi connectivity index (χ4n) is 1.72. The van der Waals surface area contributed by atoms with Gasteiger partial charge in [-0.1, -0.05) is 12.1 Å². The summed E-state index contributed by atoms with van der Waals surface area (Å²) < 4.78 is 26.4. The maximum Gasteiger partial charge on any atom is 0.146 e. The third-order valence-electron chi connectivity index (χ3n) is 2.98. The smallest absolute Gasteiger partial charge is 0.146 e. The lowest BCUT2D eigenvalue weighted by Crippen LogP contribution is -2.02. The lowest BCUT2D eigenvalue weighted by atomic mass is 10.1. The van der Waals surface area contributed by atoms with Crippen molar-refractivity contribution in [3.8, 4) is 0 Å². The van der Waals surface area contributed by atoms with Gasteiger partial charge in [-0.2, -0.15) is 0 Å². The number of nitrogens with one attached hydrogen (secondary N) is 1. The van der Waals surface area contributed by atoms with Crippen molar-refractivity contribution in [1.29, 1.82) is 0 Å². The standard InChI is InChI=1S/C15H15F2N/c1-10-7-14(17)15(8-11(10)2)18-9-12-3-5-13(16)6-4-12/h3-8,18H,9H2,1-2H3. The summed E-state index contributed by atoms with van der Waals surface area (Å²) in [6.45, 7) is 4.29. The highest BCUT2D eigenvalue weighted by atomic mass is 19.1. The molecule has 2 aromatic rings. The molecular formula is C15H15F2N. The molecule has 0 amide bonds. The van der Waals surface area contributed by atoms with E-state index in [9.17, 15) is 8.78 Å². The zero-order valence-corrected chi connectivity index (χ0v) is 10.4. The van der Waals surface area contributed by atoms with Crippen molar-refractivity contribution in [3.05, 3.63) is 64.7 Å². The van der Waals surface area contributed by atoms with Gasteiger partial charge in [0.25, 0.3) is 0 Å². The SMILES string of the molecule is Cc1cc(F)c(NCc2ccc(F)cc2)cc1C. The van der Waals surface area contributed by atoms with E-state index in [1.165, 1.54) is 18.2 Å². The largest absolute Gasteiger partial charge is 0.379 e.